The van der Waals surface area contributed by atoms with Crippen LogP contribution < -0.4 is 0 Å². The highest BCUT2D eigenvalue weighted by atomic mass is 31.1. The largest absolute Gasteiger partial charge is 0.289 e. The molecule has 2 heteroatoms. The van der Waals surface area contributed by atoms with E-state index in [2.05, 4.69) is 45.9 Å². The van der Waals surface area contributed by atoms with E-state index in [0.717, 1.165) is 24.6 Å². The van der Waals surface area contributed by atoms with E-state index in [1.165, 1.54) is 11.1 Å². The molecule has 94 valence electrons. The molecule has 1 aromatic carbocycles. The van der Waals surface area contributed by atoms with Crippen LogP contribution in [0.4, 0.5) is 0 Å². The SMILES string of the molecule is CCc1cccc(CC)c1C(=O)PCC(C)C. The van der Waals surface area contributed by atoms with Gasteiger partial charge in [0.15, 0.2) is 5.52 Å². The lowest BCUT2D eigenvalue weighted by atomic mass is 9.98. The summed E-state index contributed by atoms with van der Waals surface area (Å²) < 4.78 is 0. The summed E-state index contributed by atoms with van der Waals surface area (Å²) in [6.45, 7) is 8.59. The van der Waals surface area contributed by atoms with Crippen molar-refractivity contribution in [2.45, 2.75) is 40.5 Å². The Morgan fingerprint density at radius 3 is 2.12 bits per heavy atom. The van der Waals surface area contributed by atoms with E-state index in [4.69, 9.17) is 0 Å². The Kier molecular flexibility index (Phi) is 5.85. The Labute approximate surface area is 107 Å². The third-order valence-corrected chi connectivity index (χ3v) is 4.49. The minimum atomic E-state index is 0.355. The van der Waals surface area contributed by atoms with E-state index in [9.17, 15) is 4.79 Å². The van der Waals surface area contributed by atoms with Crippen LogP contribution in [0.15, 0.2) is 18.2 Å². The lowest BCUT2D eigenvalue weighted by Gasteiger charge is -2.12. The summed E-state index contributed by atoms with van der Waals surface area (Å²) >= 11 is 0. The molecule has 0 aromatic heterocycles. The molecule has 0 aliphatic heterocycles. The Bertz CT molecular complexity index is 360. The van der Waals surface area contributed by atoms with Crippen molar-refractivity contribution in [3.8, 4) is 0 Å². The van der Waals surface area contributed by atoms with Gasteiger partial charge in [-0.15, -0.1) is 0 Å². The average molecular weight is 250 g/mol. The highest BCUT2D eigenvalue weighted by Crippen LogP contribution is 2.27. The summed E-state index contributed by atoms with van der Waals surface area (Å²) in [7, 11) is 0.424. The van der Waals surface area contributed by atoms with Crippen LogP contribution in [-0.2, 0) is 12.8 Å². The molecular formula is C15H23OP. The highest BCUT2D eigenvalue weighted by molar-refractivity contribution is 7.58. The van der Waals surface area contributed by atoms with Crippen LogP contribution in [0.5, 0.6) is 0 Å². The quantitative estimate of drug-likeness (QED) is 0.688. The maximum absolute atomic E-state index is 12.3. The molecular weight excluding hydrogens is 227 g/mol. The maximum Gasteiger partial charge on any atom is 0.181 e. The van der Waals surface area contributed by atoms with E-state index < -0.39 is 0 Å². The number of carbonyl (C=O) groups excluding carboxylic acids is 1. The van der Waals surface area contributed by atoms with Crippen molar-refractivity contribution in [2.75, 3.05) is 6.16 Å². The fourth-order valence-electron chi connectivity index (χ4n) is 1.92. The van der Waals surface area contributed by atoms with Crippen LogP contribution in [0.2, 0.25) is 0 Å². The van der Waals surface area contributed by atoms with Gasteiger partial charge in [0.1, 0.15) is 0 Å². The van der Waals surface area contributed by atoms with Crippen molar-refractivity contribution in [1.82, 2.24) is 0 Å². The molecule has 0 saturated carbocycles. The summed E-state index contributed by atoms with van der Waals surface area (Å²) in [6.07, 6.45) is 2.90. The smallest absolute Gasteiger partial charge is 0.181 e. The van der Waals surface area contributed by atoms with Gasteiger partial charge in [-0.25, -0.2) is 0 Å². The van der Waals surface area contributed by atoms with Gasteiger partial charge >= 0.3 is 0 Å². The summed E-state index contributed by atoms with van der Waals surface area (Å²) in [6, 6.07) is 6.25. The first kappa shape index (κ1) is 14.4. The minimum Gasteiger partial charge on any atom is -0.289 e. The van der Waals surface area contributed by atoms with Gasteiger partial charge in [-0.1, -0.05) is 45.9 Å². The Balaban J connectivity index is 2.97. The fourth-order valence-corrected chi connectivity index (χ4v) is 3.01. The molecule has 1 atom stereocenters. The standard InChI is InChI=1S/C15H23OP/c1-5-12-8-7-9-13(6-2)14(12)15(16)17-10-11(3)4/h7-9,11,17H,5-6,10H2,1-4H3. The lowest BCUT2D eigenvalue weighted by Crippen LogP contribution is -2.05. The Morgan fingerprint density at radius 2 is 1.71 bits per heavy atom. The van der Waals surface area contributed by atoms with Crippen LogP contribution in [0.3, 0.4) is 0 Å². The molecule has 1 rings (SSSR count). The van der Waals surface area contributed by atoms with Crippen molar-refractivity contribution in [3.05, 3.63) is 34.9 Å². The second-order valence-corrected chi connectivity index (χ2v) is 5.98. The van der Waals surface area contributed by atoms with Crippen molar-refractivity contribution in [2.24, 2.45) is 5.92 Å². The van der Waals surface area contributed by atoms with E-state index in [0.29, 0.717) is 20.0 Å². The molecule has 1 unspecified atom stereocenters. The number of aryl methyl sites for hydroxylation is 2. The fraction of sp³-hybridized carbons (Fsp3) is 0.533. The number of benzene rings is 1. The molecule has 0 fully saturated rings. The van der Waals surface area contributed by atoms with E-state index >= 15 is 0 Å². The number of rotatable bonds is 6. The molecule has 0 saturated heterocycles. The maximum atomic E-state index is 12.3. The van der Waals surface area contributed by atoms with Gasteiger partial charge in [0, 0.05) is 5.56 Å². The van der Waals surface area contributed by atoms with E-state index in [-0.39, 0.29) is 0 Å². The molecule has 0 amide bonds. The zero-order chi connectivity index (χ0) is 12.8. The lowest BCUT2D eigenvalue weighted by molar-refractivity contribution is 0.108. The summed E-state index contributed by atoms with van der Waals surface area (Å²) in [4.78, 5) is 12.3. The van der Waals surface area contributed by atoms with Gasteiger partial charge in [-0.3, -0.25) is 4.79 Å². The first-order chi connectivity index (χ1) is 8.10. The van der Waals surface area contributed by atoms with Crippen LogP contribution in [0, 0.1) is 5.92 Å². The first-order valence-corrected chi connectivity index (χ1v) is 7.69. The highest BCUT2D eigenvalue weighted by Gasteiger charge is 2.14. The van der Waals surface area contributed by atoms with Gasteiger partial charge in [0.05, 0.1) is 0 Å². The predicted molar refractivity (Wildman–Crippen MR) is 77.5 cm³/mol. The molecule has 17 heavy (non-hydrogen) atoms. The molecule has 0 N–H and O–H groups in total. The number of hydrogen-bond donors (Lipinski definition) is 0. The zero-order valence-corrected chi connectivity index (χ0v) is 12.3. The molecule has 1 nitrogen and oxygen atoms in total. The third-order valence-electron chi connectivity index (χ3n) is 2.90. The molecule has 0 heterocycles. The summed E-state index contributed by atoms with van der Waals surface area (Å²) in [5, 5.41) is 0. The molecule has 0 aliphatic rings. The summed E-state index contributed by atoms with van der Waals surface area (Å²) in [5.74, 6) is 0.608. The zero-order valence-electron chi connectivity index (χ0n) is 11.3. The normalized spacial score (nSPS) is 11.6. The van der Waals surface area contributed by atoms with Gasteiger partial charge < -0.3 is 0 Å². The Morgan fingerprint density at radius 1 is 1.18 bits per heavy atom. The predicted octanol–water partition coefficient (Wildman–Crippen LogP) is 4.29. The molecule has 0 bridgehead atoms. The van der Waals surface area contributed by atoms with Crippen molar-refractivity contribution < 1.29 is 4.79 Å². The van der Waals surface area contributed by atoms with Gasteiger partial charge in [-0.2, -0.15) is 0 Å². The average Bonchev–Trinajstić information content (AvgIpc) is 2.34. The van der Waals surface area contributed by atoms with Gasteiger partial charge in [0.25, 0.3) is 0 Å². The second kappa shape index (κ2) is 6.91. The van der Waals surface area contributed by atoms with Crippen LogP contribution in [-0.4, -0.2) is 11.7 Å². The van der Waals surface area contributed by atoms with Crippen LogP contribution in [0.1, 0.15) is 49.2 Å². The van der Waals surface area contributed by atoms with E-state index in [1.807, 2.05) is 0 Å². The molecule has 0 aliphatic carbocycles. The third kappa shape index (κ3) is 3.92. The topological polar surface area (TPSA) is 17.1 Å². The Hall–Kier alpha value is -0.680. The second-order valence-electron chi connectivity index (χ2n) is 4.76. The number of hydrogen-bond acceptors (Lipinski definition) is 1. The van der Waals surface area contributed by atoms with Gasteiger partial charge in [-0.05, 0) is 44.6 Å². The van der Waals surface area contributed by atoms with E-state index in [1.54, 1.807) is 0 Å². The van der Waals surface area contributed by atoms with Crippen molar-refractivity contribution >= 4 is 14.1 Å². The van der Waals surface area contributed by atoms with Gasteiger partial charge in [0.2, 0.25) is 0 Å². The number of carbonyl (C=O) groups is 1. The molecule has 0 spiro atoms. The molecule has 0 radical (unpaired) electrons. The van der Waals surface area contributed by atoms with Crippen molar-refractivity contribution in [3.63, 3.8) is 0 Å². The first-order valence-electron chi connectivity index (χ1n) is 6.49. The van der Waals surface area contributed by atoms with Crippen molar-refractivity contribution in [1.29, 1.82) is 0 Å². The van der Waals surface area contributed by atoms with Crippen LogP contribution >= 0.6 is 8.58 Å². The van der Waals surface area contributed by atoms with Crippen LogP contribution in [0.25, 0.3) is 0 Å². The monoisotopic (exact) mass is 250 g/mol. The molecule has 1 aromatic rings. The minimum absolute atomic E-state index is 0.355. The summed E-state index contributed by atoms with van der Waals surface area (Å²) in [5.41, 5.74) is 3.79.